The van der Waals surface area contributed by atoms with Gasteiger partial charge in [0, 0.05) is 0 Å². The van der Waals surface area contributed by atoms with Crippen molar-refractivity contribution in [2.75, 3.05) is 0 Å². The van der Waals surface area contributed by atoms with Gasteiger partial charge in [0.05, 0.1) is 6.10 Å². The van der Waals surface area contributed by atoms with E-state index in [9.17, 15) is 5.11 Å². The van der Waals surface area contributed by atoms with E-state index in [1.165, 1.54) is 25.7 Å². The third kappa shape index (κ3) is 1.10. The summed E-state index contributed by atoms with van der Waals surface area (Å²) in [6.07, 6.45) is 11.2. The van der Waals surface area contributed by atoms with E-state index in [-0.39, 0.29) is 6.10 Å². The number of rotatable bonds is 0. The monoisotopic (exact) mass is 178 g/mol. The molecule has 2 bridgehead atoms. The van der Waals surface area contributed by atoms with Crippen molar-refractivity contribution in [2.45, 2.75) is 38.2 Å². The Kier molecular flexibility index (Phi) is 1.76. The van der Waals surface area contributed by atoms with E-state index >= 15 is 0 Å². The van der Waals surface area contributed by atoms with Gasteiger partial charge in [0.2, 0.25) is 0 Å². The van der Waals surface area contributed by atoms with Gasteiger partial charge in [-0.25, -0.2) is 0 Å². The second-order valence-corrected chi connectivity index (χ2v) is 5.03. The molecular formula is C12H18O. The average Bonchev–Trinajstić information content (AvgIpc) is 2.20. The molecule has 2 fully saturated rings. The predicted molar refractivity (Wildman–Crippen MR) is 52.2 cm³/mol. The van der Waals surface area contributed by atoms with Gasteiger partial charge in [-0.3, -0.25) is 0 Å². The maximum atomic E-state index is 9.99. The van der Waals surface area contributed by atoms with Crippen LogP contribution in [0.2, 0.25) is 0 Å². The third-order valence-electron chi connectivity index (χ3n) is 4.46. The Hall–Kier alpha value is -0.300. The van der Waals surface area contributed by atoms with Crippen molar-refractivity contribution in [3.05, 3.63) is 12.2 Å². The Morgan fingerprint density at radius 1 is 0.923 bits per heavy atom. The lowest BCUT2D eigenvalue weighted by Gasteiger charge is -2.49. The molecule has 0 aliphatic heterocycles. The summed E-state index contributed by atoms with van der Waals surface area (Å²) in [5.41, 5.74) is 0. The molecule has 0 radical (unpaired) electrons. The molecule has 0 aromatic carbocycles. The van der Waals surface area contributed by atoms with Crippen LogP contribution in [0.1, 0.15) is 32.1 Å². The largest absolute Gasteiger partial charge is 0.393 e. The van der Waals surface area contributed by atoms with E-state index in [1.54, 1.807) is 0 Å². The Bertz CT molecular complexity index is 233. The number of aliphatic hydroxyl groups excluding tert-OH is 1. The zero-order chi connectivity index (χ0) is 8.84. The Morgan fingerprint density at radius 3 is 2.38 bits per heavy atom. The van der Waals surface area contributed by atoms with Crippen LogP contribution in [0.4, 0.5) is 0 Å². The molecule has 0 heterocycles. The third-order valence-corrected chi connectivity index (χ3v) is 4.46. The predicted octanol–water partition coefficient (Wildman–Crippen LogP) is 2.36. The van der Waals surface area contributed by atoms with Crippen LogP contribution < -0.4 is 0 Å². The van der Waals surface area contributed by atoms with Crippen molar-refractivity contribution in [2.24, 2.45) is 23.7 Å². The van der Waals surface area contributed by atoms with Gasteiger partial charge in [-0.15, -0.1) is 0 Å². The van der Waals surface area contributed by atoms with E-state index in [0.29, 0.717) is 11.8 Å². The standard InChI is InChI=1S/C12H18O/c13-11-3-1-2-10-8-4-6-9(7-5-8)12(10)11/h4,6,8-13H,1-3,5,7H2/t8-,9+,10-,11?,12+/m0/s1. The molecule has 1 N–H and O–H groups in total. The molecule has 0 aromatic rings. The van der Waals surface area contributed by atoms with Gasteiger partial charge in [0.1, 0.15) is 0 Å². The van der Waals surface area contributed by atoms with Gasteiger partial charge in [-0.1, -0.05) is 18.6 Å². The zero-order valence-corrected chi connectivity index (χ0v) is 8.02. The summed E-state index contributed by atoms with van der Waals surface area (Å²) in [7, 11) is 0. The Labute approximate surface area is 79.8 Å². The minimum atomic E-state index is 0.0106. The van der Waals surface area contributed by atoms with Crippen LogP contribution in [0.25, 0.3) is 0 Å². The second kappa shape index (κ2) is 2.84. The van der Waals surface area contributed by atoms with Gasteiger partial charge in [0.15, 0.2) is 0 Å². The van der Waals surface area contributed by atoms with Crippen LogP contribution in [-0.4, -0.2) is 11.2 Å². The molecule has 0 spiro atoms. The molecule has 4 aliphatic carbocycles. The summed E-state index contributed by atoms with van der Waals surface area (Å²) >= 11 is 0. The topological polar surface area (TPSA) is 20.2 Å². The molecule has 0 saturated heterocycles. The molecule has 5 atom stereocenters. The van der Waals surface area contributed by atoms with Crippen molar-refractivity contribution < 1.29 is 5.11 Å². The number of aliphatic hydroxyl groups is 1. The normalized spacial score (nSPS) is 53.5. The Morgan fingerprint density at radius 2 is 1.69 bits per heavy atom. The summed E-state index contributed by atoms with van der Waals surface area (Å²) in [6.45, 7) is 0. The van der Waals surface area contributed by atoms with Crippen molar-refractivity contribution >= 4 is 0 Å². The molecule has 0 amide bonds. The zero-order valence-electron chi connectivity index (χ0n) is 8.02. The fourth-order valence-corrected chi connectivity index (χ4v) is 3.88. The molecule has 1 nitrogen and oxygen atoms in total. The Balaban J connectivity index is 1.92. The first-order chi connectivity index (χ1) is 6.36. The van der Waals surface area contributed by atoms with Crippen molar-refractivity contribution in [3.8, 4) is 0 Å². The van der Waals surface area contributed by atoms with Crippen LogP contribution in [0, 0.1) is 23.7 Å². The van der Waals surface area contributed by atoms with E-state index in [1.807, 2.05) is 0 Å². The van der Waals surface area contributed by atoms with Gasteiger partial charge >= 0.3 is 0 Å². The van der Waals surface area contributed by atoms with Crippen molar-refractivity contribution in [3.63, 3.8) is 0 Å². The van der Waals surface area contributed by atoms with E-state index in [4.69, 9.17) is 0 Å². The van der Waals surface area contributed by atoms with Crippen LogP contribution in [0.5, 0.6) is 0 Å². The van der Waals surface area contributed by atoms with Crippen LogP contribution in [0.15, 0.2) is 12.2 Å². The van der Waals surface area contributed by atoms with Gasteiger partial charge in [-0.05, 0) is 49.4 Å². The SMILES string of the molecule is OC1CCC[C@@H]2[C@H]1[C@@H]1C=C[C@H]2CC1. The lowest BCUT2D eigenvalue weighted by Crippen LogP contribution is -2.45. The van der Waals surface area contributed by atoms with Gasteiger partial charge < -0.3 is 5.11 Å². The summed E-state index contributed by atoms with van der Waals surface area (Å²) in [4.78, 5) is 0. The highest BCUT2D eigenvalue weighted by molar-refractivity contribution is 5.11. The molecule has 1 heteroatoms. The quantitative estimate of drug-likeness (QED) is 0.565. The first-order valence-electron chi connectivity index (χ1n) is 5.72. The first kappa shape index (κ1) is 8.05. The molecular weight excluding hydrogens is 160 g/mol. The molecule has 4 aliphatic rings. The first-order valence-corrected chi connectivity index (χ1v) is 5.72. The van der Waals surface area contributed by atoms with Gasteiger partial charge in [-0.2, -0.15) is 0 Å². The van der Waals surface area contributed by atoms with E-state index in [2.05, 4.69) is 12.2 Å². The lowest BCUT2D eigenvalue weighted by atomic mass is 9.57. The second-order valence-electron chi connectivity index (χ2n) is 5.03. The molecule has 13 heavy (non-hydrogen) atoms. The van der Waals surface area contributed by atoms with E-state index in [0.717, 1.165) is 18.3 Å². The molecule has 0 aromatic heterocycles. The summed E-state index contributed by atoms with van der Waals surface area (Å²) in [6, 6.07) is 0. The maximum Gasteiger partial charge on any atom is 0.0576 e. The maximum absolute atomic E-state index is 9.99. The average molecular weight is 178 g/mol. The van der Waals surface area contributed by atoms with E-state index < -0.39 is 0 Å². The van der Waals surface area contributed by atoms with Crippen LogP contribution in [0.3, 0.4) is 0 Å². The highest BCUT2D eigenvalue weighted by Gasteiger charge is 2.45. The fraction of sp³-hybridized carbons (Fsp3) is 0.833. The van der Waals surface area contributed by atoms with Crippen LogP contribution >= 0.6 is 0 Å². The summed E-state index contributed by atoms with van der Waals surface area (Å²) < 4.78 is 0. The lowest BCUT2D eigenvalue weighted by molar-refractivity contribution is -0.0344. The highest BCUT2D eigenvalue weighted by Crippen LogP contribution is 2.50. The molecule has 72 valence electrons. The number of hydrogen-bond acceptors (Lipinski definition) is 1. The number of allylic oxidation sites excluding steroid dienone is 2. The smallest absolute Gasteiger partial charge is 0.0576 e. The fourth-order valence-electron chi connectivity index (χ4n) is 3.88. The minimum Gasteiger partial charge on any atom is -0.393 e. The van der Waals surface area contributed by atoms with Crippen molar-refractivity contribution in [1.82, 2.24) is 0 Å². The molecule has 1 unspecified atom stereocenters. The number of hydrogen-bond donors (Lipinski definition) is 1. The summed E-state index contributed by atoms with van der Waals surface area (Å²) in [5.74, 6) is 2.97. The van der Waals surface area contributed by atoms with Crippen LogP contribution in [-0.2, 0) is 0 Å². The number of fused-ring (bicyclic) bond motifs is 1. The van der Waals surface area contributed by atoms with Gasteiger partial charge in [0.25, 0.3) is 0 Å². The highest BCUT2D eigenvalue weighted by atomic mass is 16.3. The molecule has 4 rings (SSSR count). The summed E-state index contributed by atoms with van der Waals surface area (Å²) in [5, 5.41) is 9.99. The minimum absolute atomic E-state index is 0.0106. The molecule has 2 saturated carbocycles. The van der Waals surface area contributed by atoms with Crippen molar-refractivity contribution in [1.29, 1.82) is 0 Å².